The fourth-order valence-electron chi connectivity index (χ4n) is 3.60. The number of nitrogens with one attached hydrogen (secondary N) is 3. The van der Waals surface area contributed by atoms with Crippen LogP contribution in [0.5, 0.6) is 0 Å². The Balaban J connectivity index is 2.04. The van der Waals surface area contributed by atoms with Crippen LogP contribution in [0.25, 0.3) is 0 Å². The monoisotopic (exact) mass is 411 g/mol. The maximum atomic E-state index is 12.8. The number of primary amides is 1. The van der Waals surface area contributed by atoms with Gasteiger partial charge < -0.3 is 31.7 Å². The summed E-state index contributed by atoms with van der Waals surface area (Å²) in [7, 11) is 0. The topological polar surface area (TPSA) is 171 Å². The molecule has 0 spiro atoms. The van der Waals surface area contributed by atoms with Crippen molar-refractivity contribution < 1.29 is 29.1 Å². The molecular weight excluding hydrogens is 382 g/mol. The van der Waals surface area contributed by atoms with E-state index in [0.717, 1.165) is 19.4 Å². The first-order valence-corrected chi connectivity index (χ1v) is 9.86. The van der Waals surface area contributed by atoms with Crippen LogP contribution in [0, 0.1) is 0 Å². The maximum absolute atomic E-state index is 12.8. The van der Waals surface area contributed by atoms with E-state index in [1.807, 2.05) is 0 Å². The standard InChI is InChI=1S/C18H29N5O6/c1-10(18(28)29)21-15(25)11(6-7-14(19)24)22-16(26)13-5-3-9-23(13)17(27)12-4-2-8-20-12/h10-13,20H,2-9H2,1H3,(H2,19,24)(H,21,25)(H,22,26)(H,28,29). The van der Waals surface area contributed by atoms with Gasteiger partial charge in [-0.1, -0.05) is 0 Å². The average molecular weight is 411 g/mol. The number of carboxylic acids is 1. The van der Waals surface area contributed by atoms with Crippen LogP contribution in [0.1, 0.15) is 45.4 Å². The van der Waals surface area contributed by atoms with E-state index >= 15 is 0 Å². The summed E-state index contributed by atoms with van der Waals surface area (Å²) >= 11 is 0. The van der Waals surface area contributed by atoms with Crippen molar-refractivity contribution in [2.45, 2.75) is 69.6 Å². The number of likely N-dealkylation sites (tertiary alicyclic amines) is 1. The predicted molar refractivity (Wildman–Crippen MR) is 101 cm³/mol. The summed E-state index contributed by atoms with van der Waals surface area (Å²) in [4.78, 5) is 61.5. The Hall–Kier alpha value is -2.69. The number of carboxylic acid groups (broad SMARTS) is 1. The van der Waals surface area contributed by atoms with E-state index in [1.54, 1.807) is 0 Å². The molecule has 4 atom stereocenters. The van der Waals surface area contributed by atoms with E-state index in [9.17, 15) is 24.0 Å². The molecule has 11 nitrogen and oxygen atoms in total. The molecule has 6 N–H and O–H groups in total. The molecule has 2 fully saturated rings. The minimum Gasteiger partial charge on any atom is -0.480 e. The lowest BCUT2D eigenvalue weighted by molar-refractivity contribution is -0.143. The Bertz CT molecular complexity index is 663. The Morgan fingerprint density at radius 2 is 1.90 bits per heavy atom. The first-order chi connectivity index (χ1) is 13.7. The zero-order valence-electron chi connectivity index (χ0n) is 16.5. The van der Waals surface area contributed by atoms with E-state index in [0.29, 0.717) is 19.4 Å². The van der Waals surface area contributed by atoms with Gasteiger partial charge >= 0.3 is 5.97 Å². The van der Waals surface area contributed by atoms with Crippen LogP contribution >= 0.6 is 0 Å². The summed E-state index contributed by atoms with van der Waals surface area (Å²) in [6.07, 6.45) is 2.55. The number of nitrogens with zero attached hydrogens (tertiary/aromatic N) is 1. The number of aliphatic carboxylic acids is 1. The Morgan fingerprint density at radius 3 is 2.48 bits per heavy atom. The number of hydrogen-bond acceptors (Lipinski definition) is 6. The van der Waals surface area contributed by atoms with Crippen LogP contribution in [0.2, 0.25) is 0 Å². The molecule has 0 aliphatic carbocycles. The summed E-state index contributed by atoms with van der Waals surface area (Å²) in [6.45, 7) is 2.51. The van der Waals surface area contributed by atoms with Crippen molar-refractivity contribution in [3.05, 3.63) is 0 Å². The van der Waals surface area contributed by atoms with Gasteiger partial charge in [-0.2, -0.15) is 0 Å². The largest absolute Gasteiger partial charge is 0.480 e. The molecule has 2 aliphatic rings. The maximum Gasteiger partial charge on any atom is 0.325 e. The van der Waals surface area contributed by atoms with E-state index in [4.69, 9.17) is 10.8 Å². The van der Waals surface area contributed by atoms with Crippen molar-refractivity contribution in [1.82, 2.24) is 20.9 Å². The zero-order chi connectivity index (χ0) is 21.6. The van der Waals surface area contributed by atoms with Gasteiger partial charge in [0.25, 0.3) is 0 Å². The highest BCUT2D eigenvalue weighted by molar-refractivity contribution is 5.94. The molecule has 0 aromatic carbocycles. The van der Waals surface area contributed by atoms with Crippen molar-refractivity contribution in [3.8, 4) is 0 Å². The molecule has 0 bridgehead atoms. The number of amides is 4. The Labute approximate surface area is 168 Å². The van der Waals surface area contributed by atoms with Crippen LogP contribution in [0.15, 0.2) is 0 Å². The molecule has 162 valence electrons. The minimum atomic E-state index is -1.23. The predicted octanol–water partition coefficient (Wildman–Crippen LogP) is -1.93. The van der Waals surface area contributed by atoms with Crippen molar-refractivity contribution in [1.29, 1.82) is 0 Å². The Morgan fingerprint density at radius 1 is 1.17 bits per heavy atom. The average Bonchev–Trinajstić information content (AvgIpc) is 3.35. The molecule has 2 saturated heterocycles. The molecule has 2 heterocycles. The number of nitrogens with two attached hydrogens (primary N) is 1. The van der Waals surface area contributed by atoms with Gasteiger partial charge in [0.1, 0.15) is 18.1 Å². The molecule has 29 heavy (non-hydrogen) atoms. The van der Waals surface area contributed by atoms with Gasteiger partial charge in [-0.3, -0.25) is 24.0 Å². The quantitative estimate of drug-likeness (QED) is 0.294. The number of carbonyl (C=O) groups is 5. The fraction of sp³-hybridized carbons (Fsp3) is 0.722. The number of rotatable bonds is 9. The molecular formula is C18H29N5O6. The lowest BCUT2D eigenvalue weighted by Crippen LogP contribution is -2.56. The summed E-state index contributed by atoms with van der Waals surface area (Å²) in [6, 6.07) is -3.29. The molecule has 2 aliphatic heterocycles. The van der Waals surface area contributed by atoms with Crippen molar-refractivity contribution in [3.63, 3.8) is 0 Å². The molecule has 4 amide bonds. The zero-order valence-corrected chi connectivity index (χ0v) is 16.5. The SMILES string of the molecule is CC(NC(=O)C(CCC(N)=O)NC(=O)C1CCCN1C(=O)C1CCCN1)C(=O)O. The molecule has 0 saturated carbocycles. The molecule has 0 aromatic heterocycles. The Kier molecular flexibility index (Phi) is 7.94. The van der Waals surface area contributed by atoms with Gasteiger partial charge in [0.05, 0.1) is 6.04 Å². The van der Waals surface area contributed by atoms with E-state index in [-0.39, 0.29) is 24.8 Å². The van der Waals surface area contributed by atoms with E-state index < -0.39 is 41.8 Å². The van der Waals surface area contributed by atoms with Gasteiger partial charge in [0.15, 0.2) is 0 Å². The smallest absolute Gasteiger partial charge is 0.325 e. The normalized spacial score (nSPS) is 23.3. The fourth-order valence-corrected chi connectivity index (χ4v) is 3.60. The molecule has 11 heteroatoms. The van der Waals surface area contributed by atoms with Gasteiger partial charge in [-0.15, -0.1) is 0 Å². The van der Waals surface area contributed by atoms with Crippen LogP contribution < -0.4 is 21.7 Å². The molecule has 2 rings (SSSR count). The summed E-state index contributed by atoms with van der Waals surface area (Å²) in [5, 5.41) is 16.9. The second-order valence-corrected chi connectivity index (χ2v) is 7.47. The molecule has 0 aromatic rings. The van der Waals surface area contributed by atoms with Gasteiger partial charge in [-0.05, 0) is 45.6 Å². The van der Waals surface area contributed by atoms with Crippen LogP contribution in [-0.2, 0) is 24.0 Å². The molecule has 4 unspecified atom stereocenters. The summed E-state index contributed by atoms with van der Waals surface area (Å²) < 4.78 is 0. The van der Waals surface area contributed by atoms with Crippen molar-refractivity contribution >= 4 is 29.6 Å². The minimum absolute atomic E-state index is 0.0654. The lowest BCUT2D eigenvalue weighted by Gasteiger charge is -2.28. The lowest BCUT2D eigenvalue weighted by atomic mass is 10.1. The van der Waals surface area contributed by atoms with E-state index in [1.165, 1.54) is 11.8 Å². The second-order valence-electron chi connectivity index (χ2n) is 7.47. The highest BCUT2D eigenvalue weighted by Crippen LogP contribution is 2.21. The third-order valence-corrected chi connectivity index (χ3v) is 5.24. The van der Waals surface area contributed by atoms with Gasteiger partial charge in [0.2, 0.25) is 23.6 Å². The third-order valence-electron chi connectivity index (χ3n) is 5.24. The van der Waals surface area contributed by atoms with Gasteiger partial charge in [-0.25, -0.2) is 0 Å². The van der Waals surface area contributed by atoms with Crippen molar-refractivity contribution in [2.24, 2.45) is 5.73 Å². The van der Waals surface area contributed by atoms with Crippen LogP contribution in [-0.4, -0.2) is 76.9 Å². The third kappa shape index (κ3) is 6.14. The highest BCUT2D eigenvalue weighted by atomic mass is 16.4. The van der Waals surface area contributed by atoms with E-state index in [2.05, 4.69) is 16.0 Å². The van der Waals surface area contributed by atoms with Crippen LogP contribution in [0.3, 0.4) is 0 Å². The number of carbonyl (C=O) groups excluding carboxylic acids is 4. The van der Waals surface area contributed by atoms with Crippen molar-refractivity contribution in [2.75, 3.05) is 13.1 Å². The van der Waals surface area contributed by atoms with Gasteiger partial charge in [0, 0.05) is 13.0 Å². The summed E-state index contributed by atoms with van der Waals surface area (Å²) in [5.41, 5.74) is 5.14. The number of hydrogen-bond donors (Lipinski definition) is 5. The first-order valence-electron chi connectivity index (χ1n) is 9.86. The summed E-state index contributed by atoms with van der Waals surface area (Å²) in [5.74, 6) is -3.22. The van der Waals surface area contributed by atoms with Crippen LogP contribution in [0.4, 0.5) is 0 Å². The first kappa shape index (κ1) is 22.6. The highest BCUT2D eigenvalue weighted by Gasteiger charge is 2.39. The second kappa shape index (κ2) is 10.2. The molecule has 0 radical (unpaired) electrons.